The van der Waals surface area contributed by atoms with Crippen LogP contribution < -0.4 is 5.56 Å². The van der Waals surface area contributed by atoms with Crippen molar-refractivity contribution in [1.29, 1.82) is 0 Å². The predicted octanol–water partition coefficient (Wildman–Crippen LogP) is 2.45. The van der Waals surface area contributed by atoms with Crippen molar-refractivity contribution in [2.45, 2.75) is 5.88 Å². The molecule has 6 heteroatoms. The average molecular weight is 247 g/mol. The molecular formula is C9H5Cl2FN2O. The van der Waals surface area contributed by atoms with Crippen molar-refractivity contribution >= 4 is 34.1 Å². The Morgan fingerprint density at radius 3 is 2.87 bits per heavy atom. The summed E-state index contributed by atoms with van der Waals surface area (Å²) in [6.45, 7) is 0. The largest absolute Gasteiger partial charge is 0.309 e. The molecule has 1 aromatic heterocycles. The number of alkyl halides is 1. The van der Waals surface area contributed by atoms with Gasteiger partial charge in [0.2, 0.25) is 0 Å². The molecule has 0 atom stereocenters. The van der Waals surface area contributed by atoms with Gasteiger partial charge in [0.05, 0.1) is 16.3 Å². The number of fused-ring (bicyclic) bond motifs is 1. The minimum Gasteiger partial charge on any atom is -0.309 e. The first kappa shape index (κ1) is 10.4. The summed E-state index contributed by atoms with van der Waals surface area (Å²) >= 11 is 11.3. The van der Waals surface area contributed by atoms with Crippen LogP contribution in [0, 0.1) is 5.82 Å². The zero-order valence-corrected chi connectivity index (χ0v) is 8.86. The molecule has 0 bridgehead atoms. The van der Waals surface area contributed by atoms with Crippen LogP contribution in [0.3, 0.4) is 0 Å². The number of nitrogens with zero attached hydrogens (tertiary/aromatic N) is 1. The van der Waals surface area contributed by atoms with Crippen molar-refractivity contribution in [1.82, 2.24) is 9.97 Å². The lowest BCUT2D eigenvalue weighted by molar-refractivity contribution is 0.635. The van der Waals surface area contributed by atoms with Gasteiger partial charge in [-0.1, -0.05) is 11.6 Å². The van der Waals surface area contributed by atoms with E-state index in [-0.39, 0.29) is 27.6 Å². The lowest BCUT2D eigenvalue weighted by Crippen LogP contribution is -2.12. The van der Waals surface area contributed by atoms with Crippen LogP contribution >= 0.6 is 23.2 Å². The third kappa shape index (κ3) is 1.70. The number of aromatic amines is 1. The predicted molar refractivity (Wildman–Crippen MR) is 56.9 cm³/mol. The number of hydrogen-bond acceptors (Lipinski definition) is 2. The fraction of sp³-hybridized carbons (Fsp3) is 0.111. The molecule has 2 rings (SSSR count). The first-order chi connectivity index (χ1) is 7.13. The Balaban J connectivity index is 2.97. The summed E-state index contributed by atoms with van der Waals surface area (Å²) in [6, 6.07) is 2.48. The molecule has 0 aliphatic heterocycles. The van der Waals surface area contributed by atoms with Crippen LogP contribution in [0.4, 0.5) is 4.39 Å². The maximum Gasteiger partial charge on any atom is 0.260 e. The highest BCUT2D eigenvalue weighted by atomic mass is 35.5. The van der Waals surface area contributed by atoms with Crippen molar-refractivity contribution < 1.29 is 4.39 Å². The van der Waals surface area contributed by atoms with Crippen LogP contribution in [0.1, 0.15) is 5.82 Å². The number of rotatable bonds is 1. The zero-order valence-electron chi connectivity index (χ0n) is 7.35. The second kappa shape index (κ2) is 3.79. The minimum absolute atomic E-state index is 0.0110. The van der Waals surface area contributed by atoms with Gasteiger partial charge >= 0.3 is 0 Å². The van der Waals surface area contributed by atoms with Gasteiger partial charge in [-0.25, -0.2) is 9.37 Å². The Bertz CT molecular complexity index is 582. The van der Waals surface area contributed by atoms with E-state index in [9.17, 15) is 9.18 Å². The minimum atomic E-state index is -0.591. The lowest BCUT2D eigenvalue weighted by Gasteiger charge is -2.02. The molecule has 0 radical (unpaired) electrons. The molecule has 1 aromatic carbocycles. The van der Waals surface area contributed by atoms with Gasteiger partial charge in [0.1, 0.15) is 17.2 Å². The van der Waals surface area contributed by atoms with Gasteiger partial charge < -0.3 is 4.98 Å². The van der Waals surface area contributed by atoms with Gasteiger partial charge in [-0.15, -0.1) is 11.6 Å². The normalized spacial score (nSPS) is 10.9. The van der Waals surface area contributed by atoms with E-state index in [1.807, 2.05) is 0 Å². The number of hydrogen-bond donors (Lipinski definition) is 1. The Kier molecular flexibility index (Phi) is 2.63. The highest BCUT2D eigenvalue weighted by molar-refractivity contribution is 6.35. The number of aromatic nitrogens is 2. The molecule has 15 heavy (non-hydrogen) atoms. The van der Waals surface area contributed by atoms with E-state index in [0.717, 1.165) is 6.07 Å². The molecule has 78 valence electrons. The van der Waals surface area contributed by atoms with Gasteiger partial charge in [0, 0.05) is 0 Å². The van der Waals surface area contributed by atoms with E-state index in [1.165, 1.54) is 6.07 Å². The highest BCUT2D eigenvalue weighted by Gasteiger charge is 2.11. The van der Waals surface area contributed by atoms with Crippen LogP contribution in [-0.2, 0) is 5.88 Å². The molecule has 3 nitrogen and oxygen atoms in total. The molecule has 0 saturated heterocycles. The summed E-state index contributed by atoms with van der Waals surface area (Å²) in [5.74, 6) is -0.362. The molecule has 2 aromatic rings. The fourth-order valence-electron chi connectivity index (χ4n) is 1.29. The summed E-state index contributed by atoms with van der Waals surface area (Å²) in [6.07, 6.45) is 0. The van der Waals surface area contributed by atoms with Crippen LogP contribution in [-0.4, -0.2) is 9.97 Å². The Morgan fingerprint density at radius 2 is 2.20 bits per heavy atom. The molecule has 0 saturated carbocycles. The van der Waals surface area contributed by atoms with Gasteiger partial charge in [-0.2, -0.15) is 0 Å². The standard InChI is InChI=1S/C9H5Cl2FN2O/c10-3-6-13-8-5(12)2-1-4(11)7(8)9(15)14-6/h1-2H,3H2,(H,13,14,15). The van der Waals surface area contributed by atoms with Crippen LogP contribution in [0.25, 0.3) is 10.9 Å². The topological polar surface area (TPSA) is 45.8 Å². The highest BCUT2D eigenvalue weighted by Crippen LogP contribution is 2.21. The quantitative estimate of drug-likeness (QED) is 0.786. The van der Waals surface area contributed by atoms with Crippen molar-refractivity contribution in [2.24, 2.45) is 0 Å². The van der Waals surface area contributed by atoms with E-state index in [4.69, 9.17) is 23.2 Å². The van der Waals surface area contributed by atoms with Gasteiger partial charge in [0.25, 0.3) is 5.56 Å². The molecule has 1 N–H and O–H groups in total. The number of halogens is 3. The first-order valence-corrected chi connectivity index (χ1v) is 4.97. The summed E-state index contributed by atoms with van der Waals surface area (Å²) < 4.78 is 13.3. The Hall–Kier alpha value is -1.13. The molecule has 0 unspecified atom stereocenters. The van der Waals surface area contributed by atoms with E-state index >= 15 is 0 Å². The summed E-state index contributed by atoms with van der Waals surface area (Å²) in [5.41, 5.74) is -0.540. The van der Waals surface area contributed by atoms with Crippen molar-refractivity contribution in [3.8, 4) is 0 Å². The Labute approximate surface area is 93.9 Å². The molecule has 0 fully saturated rings. The van der Waals surface area contributed by atoms with Gasteiger partial charge in [-0.3, -0.25) is 4.79 Å². The monoisotopic (exact) mass is 246 g/mol. The molecule has 0 amide bonds. The Morgan fingerprint density at radius 1 is 1.47 bits per heavy atom. The first-order valence-electron chi connectivity index (χ1n) is 4.06. The van der Waals surface area contributed by atoms with Crippen molar-refractivity contribution in [2.75, 3.05) is 0 Å². The zero-order chi connectivity index (χ0) is 11.0. The molecule has 0 aliphatic carbocycles. The van der Waals surface area contributed by atoms with Crippen LogP contribution in [0.5, 0.6) is 0 Å². The summed E-state index contributed by atoms with van der Waals surface area (Å²) in [5, 5.41) is 0.215. The maximum atomic E-state index is 13.3. The fourth-order valence-corrected chi connectivity index (χ4v) is 1.65. The van der Waals surface area contributed by atoms with E-state index in [1.54, 1.807) is 0 Å². The maximum absolute atomic E-state index is 13.3. The van der Waals surface area contributed by atoms with Gasteiger partial charge in [-0.05, 0) is 12.1 Å². The van der Waals surface area contributed by atoms with Crippen molar-refractivity contribution in [3.05, 3.63) is 39.2 Å². The average Bonchev–Trinajstić information content (AvgIpc) is 2.23. The number of H-pyrrole nitrogens is 1. The number of nitrogens with one attached hydrogen (secondary N) is 1. The molecular weight excluding hydrogens is 242 g/mol. The lowest BCUT2D eigenvalue weighted by atomic mass is 10.2. The second-order valence-corrected chi connectivity index (χ2v) is 3.57. The second-order valence-electron chi connectivity index (χ2n) is 2.90. The molecule has 0 aliphatic rings. The third-order valence-electron chi connectivity index (χ3n) is 1.94. The molecule has 1 heterocycles. The van der Waals surface area contributed by atoms with Crippen LogP contribution in [0.15, 0.2) is 16.9 Å². The van der Waals surface area contributed by atoms with E-state index in [0.29, 0.717) is 0 Å². The third-order valence-corrected chi connectivity index (χ3v) is 2.50. The smallest absolute Gasteiger partial charge is 0.260 e. The van der Waals surface area contributed by atoms with E-state index in [2.05, 4.69) is 9.97 Å². The summed E-state index contributed by atoms with van der Waals surface area (Å²) in [4.78, 5) is 17.8. The number of benzene rings is 1. The van der Waals surface area contributed by atoms with Gasteiger partial charge in [0.15, 0.2) is 0 Å². The van der Waals surface area contributed by atoms with Crippen molar-refractivity contribution in [3.63, 3.8) is 0 Å². The SMILES string of the molecule is O=c1[nH]c(CCl)nc2c(F)ccc(Cl)c12. The molecule has 0 spiro atoms. The summed E-state index contributed by atoms with van der Waals surface area (Å²) in [7, 11) is 0. The van der Waals surface area contributed by atoms with Crippen LogP contribution in [0.2, 0.25) is 5.02 Å². The van der Waals surface area contributed by atoms with E-state index < -0.39 is 11.4 Å².